The molecule has 0 radical (unpaired) electrons. The van der Waals surface area contributed by atoms with Crippen LogP contribution in [-0.2, 0) is 32.7 Å². The molecule has 0 aliphatic carbocycles. The van der Waals surface area contributed by atoms with Crippen LogP contribution < -0.4 is 0 Å². The molecule has 68 heavy (non-hydrogen) atoms. The fourth-order valence-electron chi connectivity index (χ4n) is 7.21. The Kier molecular flexibility index (Phi) is 47.2. The van der Waals surface area contributed by atoms with E-state index in [0.29, 0.717) is 17.4 Å². The van der Waals surface area contributed by atoms with Gasteiger partial charge >= 0.3 is 19.8 Å². The highest BCUT2D eigenvalue weighted by molar-refractivity contribution is 7.47. The lowest BCUT2D eigenvalue weighted by Gasteiger charge is -2.24. The summed E-state index contributed by atoms with van der Waals surface area (Å²) in [6, 6.07) is 0. The second-order valence-corrected chi connectivity index (χ2v) is 20.7. The van der Waals surface area contributed by atoms with Gasteiger partial charge in [-0.3, -0.25) is 18.6 Å². The summed E-state index contributed by atoms with van der Waals surface area (Å²) < 4.78 is 34.3. The Hall–Kier alpha value is -2.81. The predicted molar refractivity (Wildman–Crippen MR) is 289 cm³/mol. The van der Waals surface area contributed by atoms with Crippen LogP contribution in [0.15, 0.2) is 85.1 Å². The monoisotopic (exact) mass is 973 g/mol. The average Bonchev–Trinajstić information content (AvgIpc) is 3.30. The molecule has 392 valence electrons. The third kappa shape index (κ3) is 52.6. The number of quaternary nitrogens is 1. The first-order valence-electron chi connectivity index (χ1n) is 27.3. The predicted octanol–water partition coefficient (Wildman–Crippen LogP) is 16.7. The highest BCUT2D eigenvalue weighted by atomic mass is 31.2. The third-order valence-corrected chi connectivity index (χ3v) is 12.4. The number of hydrogen-bond donors (Lipinski definition) is 1. The lowest BCUT2D eigenvalue weighted by atomic mass is 10.0. The molecule has 2 unspecified atom stereocenters. The van der Waals surface area contributed by atoms with E-state index in [1.54, 1.807) is 0 Å². The molecule has 0 aliphatic rings. The Morgan fingerprint density at radius 2 is 0.868 bits per heavy atom. The van der Waals surface area contributed by atoms with E-state index in [-0.39, 0.29) is 32.0 Å². The normalized spacial score (nSPS) is 14.0. The van der Waals surface area contributed by atoms with Gasteiger partial charge < -0.3 is 18.9 Å². The topological polar surface area (TPSA) is 108 Å². The van der Waals surface area contributed by atoms with Crippen molar-refractivity contribution in [2.75, 3.05) is 47.5 Å². The molecule has 0 rings (SSSR count). The summed E-state index contributed by atoms with van der Waals surface area (Å²) in [5.41, 5.74) is 0. The minimum atomic E-state index is -4.40. The largest absolute Gasteiger partial charge is 0.472 e. The number of carbonyl (C=O) groups excluding carboxylic acids is 2. The van der Waals surface area contributed by atoms with Crippen molar-refractivity contribution < 1.29 is 42.1 Å². The number of ether oxygens (including phenoxy) is 2. The van der Waals surface area contributed by atoms with Crippen LogP contribution >= 0.6 is 7.82 Å². The van der Waals surface area contributed by atoms with Crippen LogP contribution in [0.3, 0.4) is 0 Å². The lowest BCUT2D eigenvalue weighted by Crippen LogP contribution is -2.37. The van der Waals surface area contributed by atoms with E-state index in [2.05, 4.69) is 86.8 Å². The summed E-state index contributed by atoms with van der Waals surface area (Å²) in [4.78, 5) is 35.5. The van der Waals surface area contributed by atoms with Gasteiger partial charge in [-0.15, -0.1) is 0 Å². The van der Waals surface area contributed by atoms with Gasteiger partial charge in [0.1, 0.15) is 19.8 Å². The smallest absolute Gasteiger partial charge is 0.462 e. The molecule has 0 aromatic rings. The minimum Gasteiger partial charge on any atom is -0.462 e. The molecule has 0 saturated carbocycles. The van der Waals surface area contributed by atoms with Gasteiger partial charge in [0, 0.05) is 12.8 Å². The summed E-state index contributed by atoms with van der Waals surface area (Å²) in [5.74, 6) is -0.894. The van der Waals surface area contributed by atoms with Crippen molar-refractivity contribution in [1.82, 2.24) is 0 Å². The van der Waals surface area contributed by atoms with E-state index < -0.39 is 26.5 Å². The van der Waals surface area contributed by atoms with Gasteiger partial charge in [0.05, 0.1) is 27.7 Å². The number of phosphoric acid groups is 1. The zero-order chi connectivity index (χ0) is 49.9. The number of carbonyl (C=O) groups is 2. The van der Waals surface area contributed by atoms with E-state index in [0.717, 1.165) is 57.8 Å². The molecule has 0 aliphatic heterocycles. The molecule has 0 heterocycles. The minimum absolute atomic E-state index is 0.0161. The van der Waals surface area contributed by atoms with E-state index in [4.69, 9.17) is 18.5 Å². The molecule has 0 aromatic carbocycles. The summed E-state index contributed by atoms with van der Waals surface area (Å²) in [6.07, 6.45) is 65.4. The fourth-order valence-corrected chi connectivity index (χ4v) is 7.95. The molecule has 1 N–H and O–H groups in total. The van der Waals surface area contributed by atoms with Gasteiger partial charge in [-0.2, -0.15) is 0 Å². The number of nitrogens with zero attached hydrogens (tertiary/aromatic N) is 1. The summed E-state index contributed by atoms with van der Waals surface area (Å²) in [6.45, 7) is 4.21. The Balaban J connectivity index is 4.09. The maximum atomic E-state index is 12.7. The van der Waals surface area contributed by atoms with Crippen LogP contribution in [0, 0.1) is 0 Å². The van der Waals surface area contributed by atoms with Crippen molar-refractivity contribution in [1.29, 1.82) is 0 Å². The molecule has 0 spiro atoms. The molecule has 0 bridgehead atoms. The first kappa shape index (κ1) is 65.2. The number of phosphoric ester groups is 1. The standard InChI is InChI=1S/C58H102NO8P/c1-6-8-10-12-14-16-18-20-21-22-23-24-25-26-27-28-29-30-31-32-33-34-35-36-37-39-40-42-44-46-48-50-57(60)64-54-56(55-66-68(62,63)65-53-52-59(3,4)5)67-58(61)51-49-47-45-43-41-38-19-17-15-13-11-9-7-2/h9,11,15,17-18,20,22-23,25-26,38,41,45,47,56H,6-8,10,12-14,16,19,21,24,27-37,39-40,42-44,46,48-55H2,1-5H3/p+1/b11-9-,17-15-,20-18-,23-22-,26-25-,41-38-,47-45-. The van der Waals surface area contributed by atoms with Crippen molar-refractivity contribution in [3.05, 3.63) is 85.1 Å². The van der Waals surface area contributed by atoms with Crippen molar-refractivity contribution in [3.63, 3.8) is 0 Å². The third-order valence-electron chi connectivity index (χ3n) is 11.4. The quantitative estimate of drug-likeness (QED) is 0.0211. The number of unbranched alkanes of at least 4 members (excludes halogenated alkanes) is 21. The van der Waals surface area contributed by atoms with Crippen LogP contribution in [0.5, 0.6) is 0 Å². The SMILES string of the molecule is CC/C=C\C/C=C\C/C=C\C/C=C\CCC(=O)OC(COC(=O)CCCCCCCCCCCCCCCCCC/C=C\C/C=C\C/C=C\CCCCCCC)COP(=O)(O)OCC[N+](C)(C)C. The second kappa shape index (κ2) is 49.2. The molecule has 2 atom stereocenters. The Bertz CT molecular complexity index is 1420. The van der Waals surface area contributed by atoms with Crippen molar-refractivity contribution in [2.24, 2.45) is 0 Å². The highest BCUT2D eigenvalue weighted by Gasteiger charge is 2.27. The Labute approximate surface area is 418 Å². The highest BCUT2D eigenvalue weighted by Crippen LogP contribution is 2.43. The van der Waals surface area contributed by atoms with Gasteiger partial charge in [0.15, 0.2) is 6.10 Å². The van der Waals surface area contributed by atoms with E-state index in [9.17, 15) is 19.0 Å². The maximum Gasteiger partial charge on any atom is 0.472 e. The van der Waals surface area contributed by atoms with Gasteiger partial charge in [-0.05, 0) is 77.0 Å². The molecule has 10 heteroatoms. The van der Waals surface area contributed by atoms with Gasteiger partial charge in [0.25, 0.3) is 0 Å². The fraction of sp³-hybridized carbons (Fsp3) is 0.724. The van der Waals surface area contributed by atoms with Crippen LogP contribution in [0.2, 0.25) is 0 Å². The van der Waals surface area contributed by atoms with Crippen molar-refractivity contribution in [3.8, 4) is 0 Å². The van der Waals surface area contributed by atoms with Crippen molar-refractivity contribution in [2.45, 2.75) is 225 Å². The summed E-state index contributed by atoms with van der Waals surface area (Å²) >= 11 is 0. The number of esters is 2. The number of likely N-dealkylation sites (N-methyl/N-ethyl adjacent to an activating group) is 1. The first-order valence-corrected chi connectivity index (χ1v) is 28.8. The van der Waals surface area contributed by atoms with Crippen molar-refractivity contribution >= 4 is 19.8 Å². The molecule has 0 amide bonds. The maximum absolute atomic E-state index is 12.7. The Morgan fingerprint density at radius 1 is 0.471 bits per heavy atom. The first-order chi connectivity index (χ1) is 33.0. The van der Waals surface area contributed by atoms with Crippen LogP contribution in [0.25, 0.3) is 0 Å². The summed E-state index contributed by atoms with van der Waals surface area (Å²) in [5, 5.41) is 0. The van der Waals surface area contributed by atoms with E-state index in [1.165, 1.54) is 128 Å². The molecule has 0 fully saturated rings. The molecule has 0 saturated heterocycles. The second-order valence-electron chi connectivity index (χ2n) is 19.2. The van der Waals surface area contributed by atoms with Crippen LogP contribution in [0.1, 0.15) is 219 Å². The molecule has 0 aromatic heterocycles. The lowest BCUT2D eigenvalue weighted by molar-refractivity contribution is -0.870. The van der Waals surface area contributed by atoms with Gasteiger partial charge in [-0.25, -0.2) is 4.57 Å². The number of allylic oxidation sites excluding steroid dienone is 14. The summed E-state index contributed by atoms with van der Waals surface area (Å²) in [7, 11) is 1.43. The van der Waals surface area contributed by atoms with E-state index in [1.807, 2.05) is 33.3 Å². The Morgan fingerprint density at radius 3 is 1.31 bits per heavy atom. The van der Waals surface area contributed by atoms with Gasteiger partial charge in [-0.1, -0.05) is 214 Å². The number of hydrogen-bond acceptors (Lipinski definition) is 7. The van der Waals surface area contributed by atoms with E-state index >= 15 is 0 Å². The zero-order valence-electron chi connectivity index (χ0n) is 44.3. The molecular formula is C58H103NO8P+. The van der Waals surface area contributed by atoms with Gasteiger partial charge in [0.2, 0.25) is 0 Å². The zero-order valence-corrected chi connectivity index (χ0v) is 45.2. The molecular weight excluding hydrogens is 870 g/mol. The van der Waals surface area contributed by atoms with Crippen LogP contribution in [0.4, 0.5) is 0 Å². The van der Waals surface area contributed by atoms with Crippen LogP contribution in [-0.4, -0.2) is 74.9 Å². The molecule has 9 nitrogen and oxygen atoms in total. The number of rotatable bonds is 49. The average molecular weight is 973 g/mol.